The van der Waals surface area contributed by atoms with E-state index in [2.05, 4.69) is 25.8 Å². The number of nitrogens with one attached hydrogen (secondary N) is 3. The number of furan rings is 1. The van der Waals surface area contributed by atoms with Crippen molar-refractivity contribution in [1.29, 1.82) is 0 Å². The Morgan fingerprint density at radius 2 is 2.12 bits per heavy atom. The number of guanidine groups is 1. The molecule has 0 aromatic carbocycles. The van der Waals surface area contributed by atoms with Crippen molar-refractivity contribution in [2.24, 2.45) is 4.99 Å². The standard InChI is InChI=1S/C18H29N5O2.HI/c1-19-18(21-12-17(24)20-11-16-7-4-10-25-16)22-14-8-9-23(13-14)15-5-2-3-6-15;/h4,7,10,14-15H,2-3,5-6,8-9,11-13H2,1H3,(H,20,24)(H2,19,21,22);1H. The van der Waals surface area contributed by atoms with E-state index in [1.54, 1.807) is 13.3 Å². The number of aliphatic imine (C=N–C) groups is 1. The van der Waals surface area contributed by atoms with Crippen LogP contribution in [0.2, 0.25) is 0 Å². The van der Waals surface area contributed by atoms with Gasteiger partial charge in [-0.05, 0) is 31.4 Å². The minimum absolute atomic E-state index is 0. The molecule has 2 fully saturated rings. The van der Waals surface area contributed by atoms with Crippen molar-refractivity contribution in [3.05, 3.63) is 24.2 Å². The molecule has 0 spiro atoms. The first-order chi connectivity index (χ1) is 12.2. The summed E-state index contributed by atoms with van der Waals surface area (Å²) in [5, 5.41) is 9.35. The lowest BCUT2D eigenvalue weighted by Gasteiger charge is -2.24. The van der Waals surface area contributed by atoms with Crippen molar-refractivity contribution in [2.75, 3.05) is 26.7 Å². The second-order valence-corrected chi connectivity index (χ2v) is 6.85. The average Bonchev–Trinajstić information content (AvgIpc) is 3.38. The molecule has 7 nitrogen and oxygen atoms in total. The van der Waals surface area contributed by atoms with Gasteiger partial charge in [-0.25, -0.2) is 0 Å². The number of carbonyl (C=O) groups is 1. The molecule has 1 aromatic rings. The fourth-order valence-corrected chi connectivity index (χ4v) is 3.72. The number of nitrogens with zero attached hydrogens (tertiary/aromatic N) is 2. The van der Waals surface area contributed by atoms with Gasteiger partial charge in [0, 0.05) is 32.2 Å². The van der Waals surface area contributed by atoms with E-state index >= 15 is 0 Å². The molecule has 0 radical (unpaired) electrons. The van der Waals surface area contributed by atoms with E-state index in [0.29, 0.717) is 18.5 Å². The average molecular weight is 475 g/mol. The highest BCUT2D eigenvalue weighted by atomic mass is 127. The largest absolute Gasteiger partial charge is 0.467 e. The zero-order valence-corrected chi connectivity index (χ0v) is 17.7. The smallest absolute Gasteiger partial charge is 0.239 e. The van der Waals surface area contributed by atoms with Crippen LogP contribution in [-0.4, -0.2) is 55.5 Å². The molecular weight excluding hydrogens is 445 g/mol. The lowest BCUT2D eigenvalue weighted by atomic mass is 10.2. The summed E-state index contributed by atoms with van der Waals surface area (Å²) in [5.41, 5.74) is 0. The summed E-state index contributed by atoms with van der Waals surface area (Å²) in [6, 6.07) is 4.82. The first kappa shape index (κ1) is 21.0. The third kappa shape index (κ3) is 6.15. The lowest BCUT2D eigenvalue weighted by molar-refractivity contribution is -0.120. The fourth-order valence-electron chi connectivity index (χ4n) is 3.72. The zero-order valence-electron chi connectivity index (χ0n) is 15.4. The van der Waals surface area contributed by atoms with Crippen LogP contribution in [-0.2, 0) is 11.3 Å². The van der Waals surface area contributed by atoms with Gasteiger partial charge in [0.2, 0.25) is 5.91 Å². The predicted molar refractivity (Wildman–Crippen MR) is 113 cm³/mol. The van der Waals surface area contributed by atoms with Gasteiger partial charge in [0.15, 0.2) is 5.96 Å². The van der Waals surface area contributed by atoms with Crippen molar-refractivity contribution in [3.8, 4) is 0 Å². The molecule has 1 aliphatic carbocycles. The topological polar surface area (TPSA) is 81.9 Å². The predicted octanol–water partition coefficient (Wildman–Crippen LogP) is 1.70. The maximum atomic E-state index is 11.9. The van der Waals surface area contributed by atoms with Crippen LogP contribution in [0.25, 0.3) is 0 Å². The molecule has 1 unspecified atom stereocenters. The normalized spacial score (nSPS) is 21.4. The molecule has 1 aromatic heterocycles. The van der Waals surface area contributed by atoms with Crippen molar-refractivity contribution in [1.82, 2.24) is 20.9 Å². The molecule has 2 aliphatic rings. The van der Waals surface area contributed by atoms with Crippen LogP contribution in [0.3, 0.4) is 0 Å². The molecule has 8 heteroatoms. The maximum Gasteiger partial charge on any atom is 0.239 e. The van der Waals surface area contributed by atoms with Crippen LogP contribution in [0.4, 0.5) is 0 Å². The van der Waals surface area contributed by atoms with E-state index in [1.165, 1.54) is 25.7 Å². The number of hydrogen-bond donors (Lipinski definition) is 3. The van der Waals surface area contributed by atoms with Crippen molar-refractivity contribution >= 4 is 35.8 Å². The summed E-state index contributed by atoms with van der Waals surface area (Å²) in [6.45, 7) is 2.82. The van der Waals surface area contributed by atoms with E-state index in [-0.39, 0.29) is 36.4 Å². The van der Waals surface area contributed by atoms with Gasteiger partial charge >= 0.3 is 0 Å². The first-order valence-corrected chi connectivity index (χ1v) is 9.25. The molecule has 3 N–H and O–H groups in total. The number of rotatable bonds is 6. The monoisotopic (exact) mass is 475 g/mol. The molecule has 2 heterocycles. The minimum atomic E-state index is -0.0849. The highest BCUT2D eigenvalue weighted by molar-refractivity contribution is 14.0. The van der Waals surface area contributed by atoms with Crippen LogP contribution < -0.4 is 16.0 Å². The molecule has 3 rings (SSSR count). The summed E-state index contributed by atoms with van der Waals surface area (Å²) in [6.07, 6.45) is 8.15. The highest BCUT2D eigenvalue weighted by Gasteiger charge is 2.30. The minimum Gasteiger partial charge on any atom is -0.467 e. The SMILES string of the molecule is CN=C(NCC(=O)NCc1ccco1)NC1CCN(C2CCCC2)C1.I. The summed E-state index contributed by atoms with van der Waals surface area (Å²) in [7, 11) is 1.74. The van der Waals surface area contributed by atoms with Crippen LogP contribution in [0.1, 0.15) is 37.9 Å². The molecule has 0 bridgehead atoms. The van der Waals surface area contributed by atoms with Gasteiger partial charge in [-0.1, -0.05) is 12.8 Å². The van der Waals surface area contributed by atoms with Gasteiger partial charge in [-0.15, -0.1) is 24.0 Å². The summed E-state index contributed by atoms with van der Waals surface area (Å²) < 4.78 is 5.20. The quantitative estimate of drug-likeness (QED) is 0.332. The number of carbonyl (C=O) groups excluding carboxylic acids is 1. The first-order valence-electron chi connectivity index (χ1n) is 9.25. The molecule has 1 atom stereocenters. The Morgan fingerprint density at radius 1 is 1.31 bits per heavy atom. The number of hydrogen-bond acceptors (Lipinski definition) is 4. The van der Waals surface area contributed by atoms with Crippen molar-refractivity contribution in [3.63, 3.8) is 0 Å². The van der Waals surface area contributed by atoms with Gasteiger partial charge in [-0.2, -0.15) is 0 Å². The van der Waals surface area contributed by atoms with Crippen molar-refractivity contribution in [2.45, 2.75) is 50.7 Å². The van der Waals surface area contributed by atoms with Crippen LogP contribution in [0.15, 0.2) is 27.8 Å². The zero-order chi connectivity index (χ0) is 17.5. The third-order valence-electron chi connectivity index (χ3n) is 5.08. The van der Waals surface area contributed by atoms with Gasteiger partial charge < -0.3 is 20.4 Å². The number of amides is 1. The third-order valence-corrected chi connectivity index (χ3v) is 5.08. The van der Waals surface area contributed by atoms with E-state index in [0.717, 1.165) is 31.3 Å². The van der Waals surface area contributed by atoms with E-state index in [1.807, 2.05) is 12.1 Å². The Morgan fingerprint density at radius 3 is 2.81 bits per heavy atom. The van der Waals surface area contributed by atoms with Gasteiger partial charge in [0.05, 0.1) is 19.4 Å². The Labute approximate surface area is 172 Å². The molecule has 1 aliphatic heterocycles. The van der Waals surface area contributed by atoms with Gasteiger partial charge in [0.25, 0.3) is 0 Å². The maximum absolute atomic E-state index is 11.9. The van der Waals surface area contributed by atoms with Gasteiger partial charge in [0.1, 0.15) is 5.76 Å². The Balaban J connectivity index is 0.00000243. The summed E-state index contributed by atoms with van der Waals surface area (Å²) in [5.74, 6) is 1.35. The number of halogens is 1. The summed E-state index contributed by atoms with van der Waals surface area (Å²) >= 11 is 0. The number of likely N-dealkylation sites (tertiary alicyclic amines) is 1. The Bertz CT molecular complexity index is 572. The van der Waals surface area contributed by atoms with Crippen molar-refractivity contribution < 1.29 is 9.21 Å². The molecule has 1 amide bonds. The molecular formula is C18H30IN5O2. The second kappa shape index (κ2) is 10.8. The molecule has 26 heavy (non-hydrogen) atoms. The van der Waals surface area contributed by atoms with Crippen LogP contribution in [0.5, 0.6) is 0 Å². The van der Waals surface area contributed by atoms with Crippen LogP contribution in [0, 0.1) is 0 Å². The van der Waals surface area contributed by atoms with E-state index < -0.39 is 0 Å². The van der Waals surface area contributed by atoms with Gasteiger partial charge in [-0.3, -0.25) is 14.7 Å². The van der Waals surface area contributed by atoms with E-state index in [4.69, 9.17) is 4.42 Å². The Hall–Kier alpha value is -1.29. The Kier molecular flexibility index (Phi) is 8.70. The lowest BCUT2D eigenvalue weighted by Crippen LogP contribution is -2.47. The van der Waals surface area contributed by atoms with E-state index in [9.17, 15) is 4.79 Å². The molecule has 146 valence electrons. The molecule has 1 saturated heterocycles. The second-order valence-electron chi connectivity index (χ2n) is 6.85. The highest BCUT2D eigenvalue weighted by Crippen LogP contribution is 2.26. The molecule has 1 saturated carbocycles. The van der Waals surface area contributed by atoms with Crippen LogP contribution >= 0.6 is 24.0 Å². The summed E-state index contributed by atoms with van der Waals surface area (Å²) in [4.78, 5) is 18.8. The fraction of sp³-hybridized carbons (Fsp3) is 0.667.